The van der Waals surface area contributed by atoms with E-state index in [2.05, 4.69) is 30.8 Å². The highest BCUT2D eigenvalue weighted by molar-refractivity contribution is 5.17. The number of likely N-dealkylation sites (N-methyl/N-ethyl adjacent to an activating group) is 1. The third kappa shape index (κ3) is 4.51. The molecule has 1 aromatic carbocycles. The lowest BCUT2D eigenvalue weighted by atomic mass is 9.96. The molecule has 21 heavy (non-hydrogen) atoms. The predicted octanol–water partition coefficient (Wildman–Crippen LogP) is 1.35. The minimum Gasteiger partial charge on any atom is -0.392 e. The molecule has 1 heterocycles. The van der Waals surface area contributed by atoms with Crippen LogP contribution in [0.5, 0.6) is 0 Å². The molecule has 0 radical (unpaired) electrons. The van der Waals surface area contributed by atoms with Crippen molar-refractivity contribution in [2.24, 2.45) is 5.92 Å². The Morgan fingerprint density at radius 1 is 1.29 bits per heavy atom. The van der Waals surface area contributed by atoms with E-state index in [4.69, 9.17) is 0 Å². The topological polar surface area (TPSA) is 46.9 Å². The van der Waals surface area contributed by atoms with Gasteiger partial charge in [-0.15, -0.1) is 0 Å². The van der Waals surface area contributed by atoms with Crippen molar-refractivity contribution in [3.05, 3.63) is 35.9 Å². The monoisotopic (exact) mass is 292 g/mol. The lowest BCUT2D eigenvalue weighted by Gasteiger charge is -2.30. The Balaban J connectivity index is 1.96. The van der Waals surface area contributed by atoms with Crippen LogP contribution in [0.15, 0.2) is 30.3 Å². The number of rotatable bonds is 6. The molecule has 2 N–H and O–H groups in total. The molecule has 4 atom stereocenters. The van der Waals surface area contributed by atoms with Crippen molar-refractivity contribution in [2.45, 2.75) is 31.6 Å². The van der Waals surface area contributed by atoms with E-state index in [0.29, 0.717) is 12.6 Å². The Kier molecular flexibility index (Phi) is 5.76. The molecule has 0 amide bonds. The zero-order valence-electron chi connectivity index (χ0n) is 13.3. The van der Waals surface area contributed by atoms with Gasteiger partial charge in [0.25, 0.3) is 0 Å². The van der Waals surface area contributed by atoms with Gasteiger partial charge in [0.1, 0.15) is 0 Å². The molecular formula is C17H28N2O2. The first-order valence-corrected chi connectivity index (χ1v) is 7.77. The minimum absolute atomic E-state index is 0.141. The summed E-state index contributed by atoms with van der Waals surface area (Å²) in [6, 6.07) is 10.2. The first kappa shape index (κ1) is 16.4. The van der Waals surface area contributed by atoms with Crippen LogP contribution in [0.2, 0.25) is 0 Å². The predicted molar refractivity (Wildman–Crippen MR) is 85.1 cm³/mol. The van der Waals surface area contributed by atoms with Crippen molar-refractivity contribution in [1.82, 2.24) is 9.80 Å². The summed E-state index contributed by atoms with van der Waals surface area (Å²) >= 11 is 0. The summed E-state index contributed by atoms with van der Waals surface area (Å²) in [5.41, 5.74) is 0.967. The Hall–Kier alpha value is -0.940. The standard InChI is InChI=1S/C17H28N2O2/c1-13(17(21)14-7-5-4-6-8-14)10-19-12-16(20)9-15(19)11-18(2)3/h4-8,13,15-17,20-21H,9-12H2,1-3H3. The Morgan fingerprint density at radius 2 is 1.95 bits per heavy atom. The average molecular weight is 292 g/mol. The second-order valence-electron chi connectivity index (χ2n) is 6.59. The molecule has 4 unspecified atom stereocenters. The van der Waals surface area contributed by atoms with Crippen LogP contribution >= 0.6 is 0 Å². The summed E-state index contributed by atoms with van der Waals surface area (Å²) in [6.45, 7) is 4.55. The number of nitrogens with zero attached hydrogens (tertiary/aromatic N) is 2. The molecule has 2 rings (SSSR count). The van der Waals surface area contributed by atoms with E-state index < -0.39 is 6.10 Å². The van der Waals surface area contributed by atoms with Crippen molar-refractivity contribution < 1.29 is 10.2 Å². The largest absolute Gasteiger partial charge is 0.392 e. The van der Waals surface area contributed by atoms with Gasteiger partial charge in [-0.25, -0.2) is 0 Å². The van der Waals surface area contributed by atoms with Gasteiger partial charge in [0, 0.05) is 25.7 Å². The number of hydrogen-bond acceptors (Lipinski definition) is 4. The molecule has 1 aromatic rings. The normalized spacial score (nSPS) is 26.2. The quantitative estimate of drug-likeness (QED) is 0.831. The van der Waals surface area contributed by atoms with Crippen LogP contribution in [-0.2, 0) is 0 Å². The fourth-order valence-electron chi connectivity index (χ4n) is 3.24. The molecular weight excluding hydrogens is 264 g/mol. The molecule has 118 valence electrons. The zero-order valence-corrected chi connectivity index (χ0v) is 13.3. The number of β-amino-alcohol motifs (C(OH)–C–C–N with tert-alkyl or cyclic N) is 1. The molecule has 0 aliphatic carbocycles. The highest BCUT2D eigenvalue weighted by Gasteiger charge is 2.33. The molecule has 1 aliphatic rings. The summed E-state index contributed by atoms with van der Waals surface area (Å²) in [6.07, 6.45) is 0.131. The Labute approximate surface area is 128 Å². The van der Waals surface area contributed by atoms with Crippen molar-refractivity contribution in [3.63, 3.8) is 0 Å². The fraction of sp³-hybridized carbons (Fsp3) is 0.647. The minimum atomic E-state index is -0.455. The van der Waals surface area contributed by atoms with Crippen molar-refractivity contribution >= 4 is 0 Å². The number of benzene rings is 1. The van der Waals surface area contributed by atoms with Crippen LogP contribution in [0, 0.1) is 5.92 Å². The van der Waals surface area contributed by atoms with E-state index in [1.807, 2.05) is 30.3 Å². The van der Waals surface area contributed by atoms with Gasteiger partial charge in [0.2, 0.25) is 0 Å². The molecule has 4 nitrogen and oxygen atoms in total. The van der Waals surface area contributed by atoms with Crippen molar-refractivity contribution in [3.8, 4) is 0 Å². The molecule has 4 heteroatoms. The SMILES string of the molecule is CC(CN1CC(O)CC1CN(C)C)C(O)c1ccccc1. The molecule has 0 bridgehead atoms. The van der Waals surface area contributed by atoms with Gasteiger partial charge in [-0.2, -0.15) is 0 Å². The first-order valence-electron chi connectivity index (χ1n) is 7.77. The van der Waals surface area contributed by atoms with Gasteiger partial charge in [0.05, 0.1) is 12.2 Å². The first-order chi connectivity index (χ1) is 9.97. The van der Waals surface area contributed by atoms with Crippen molar-refractivity contribution in [2.75, 3.05) is 33.7 Å². The summed E-state index contributed by atoms with van der Waals surface area (Å²) in [7, 11) is 4.12. The van der Waals surface area contributed by atoms with E-state index in [1.54, 1.807) is 0 Å². The number of aliphatic hydroxyl groups is 2. The smallest absolute Gasteiger partial charge is 0.0827 e. The molecule has 1 saturated heterocycles. The highest BCUT2D eigenvalue weighted by Crippen LogP contribution is 2.26. The summed E-state index contributed by atoms with van der Waals surface area (Å²) in [5.74, 6) is 0.141. The second-order valence-corrected chi connectivity index (χ2v) is 6.59. The van der Waals surface area contributed by atoms with Crippen molar-refractivity contribution in [1.29, 1.82) is 0 Å². The summed E-state index contributed by atoms with van der Waals surface area (Å²) < 4.78 is 0. The highest BCUT2D eigenvalue weighted by atomic mass is 16.3. The van der Waals surface area contributed by atoms with Gasteiger partial charge in [-0.3, -0.25) is 4.90 Å². The molecule has 1 aliphatic heterocycles. The maximum absolute atomic E-state index is 10.5. The van der Waals surface area contributed by atoms with Gasteiger partial charge >= 0.3 is 0 Å². The van der Waals surface area contributed by atoms with E-state index >= 15 is 0 Å². The number of likely N-dealkylation sites (tertiary alicyclic amines) is 1. The van der Waals surface area contributed by atoms with Crippen LogP contribution < -0.4 is 0 Å². The van der Waals surface area contributed by atoms with Crippen LogP contribution in [0.4, 0.5) is 0 Å². The van der Waals surface area contributed by atoms with Gasteiger partial charge in [-0.1, -0.05) is 37.3 Å². The van der Waals surface area contributed by atoms with E-state index in [1.165, 1.54) is 0 Å². The van der Waals surface area contributed by atoms with Crippen LogP contribution in [0.3, 0.4) is 0 Å². The van der Waals surface area contributed by atoms with Gasteiger partial charge in [-0.05, 0) is 32.0 Å². The number of hydrogen-bond donors (Lipinski definition) is 2. The molecule has 0 spiro atoms. The lowest BCUT2D eigenvalue weighted by Crippen LogP contribution is -2.40. The van der Waals surface area contributed by atoms with Crippen LogP contribution in [0.1, 0.15) is 25.0 Å². The average Bonchev–Trinajstić information content (AvgIpc) is 2.77. The van der Waals surface area contributed by atoms with E-state index in [9.17, 15) is 10.2 Å². The maximum atomic E-state index is 10.5. The Morgan fingerprint density at radius 3 is 2.57 bits per heavy atom. The van der Waals surface area contributed by atoms with Gasteiger partial charge < -0.3 is 15.1 Å². The van der Waals surface area contributed by atoms with Gasteiger partial charge in [0.15, 0.2) is 0 Å². The van der Waals surface area contributed by atoms with Crippen LogP contribution in [0.25, 0.3) is 0 Å². The lowest BCUT2D eigenvalue weighted by molar-refractivity contribution is 0.0770. The molecule has 0 saturated carbocycles. The second kappa shape index (κ2) is 7.36. The fourth-order valence-corrected chi connectivity index (χ4v) is 3.24. The molecule has 0 aromatic heterocycles. The molecule has 1 fully saturated rings. The Bertz CT molecular complexity index is 424. The maximum Gasteiger partial charge on any atom is 0.0827 e. The third-order valence-corrected chi connectivity index (χ3v) is 4.28. The van der Waals surface area contributed by atoms with Crippen LogP contribution in [-0.4, -0.2) is 65.9 Å². The summed E-state index contributed by atoms with van der Waals surface area (Å²) in [5, 5.41) is 20.4. The van der Waals surface area contributed by atoms with E-state index in [0.717, 1.165) is 25.1 Å². The number of aliphatic hydroxyl groups excluding tert-OH is 2. The summed E-state index contributed by atoms with van der Waals surface area (Å²) in [4.78, 5) is 4.48. The van der Waals surface area contributed by atoms with E-state index in [-0.39, 0.29) is 12.0 Å². The zero-order chi connectivity index (χ0) is 15.4. The third-order valence-electron chi connectivity index (χ3n) is 4.28.